The Bertz CT molecular complexity index is 1330. The van der Waals surface area contributed by atoms with Crippen molar-refractivity contribution in [3.63, 3.8) is 0 Å². The summed E-state index contributed by atoms with van der Waals surface area (Å²) < 4.78 is 11.0. The number of amides is 6. The minimum atomic E-state index is -0.536. The van der Waals surface area contributed by atoms with Gasteiger partial charge in [-0.15, -0.1) is 0 Å². The molecule has 2 atom stereocenters. The molecule has 13 heteroatoms. The number of ether oxygens (including phenoxy) is 1. The third-order valence-corrected chi connectivity index (χ3v) is 7.49. The van der Waals surface area contributed by atoms with Gasteiger partial charge in [0, 0.05) is 45.2 Å². The number of nitrogens with zero attached hydrogens (tertiary/aromatic N) is 5. The monoisotopic (exact) mass is 552 g/mol. The van der Waals surface area contributed by atoms with Crippen LogP contribution in [0.4, 0.5) is 4.79 Å². The number of rotatable bonds is 3. The molecule has 40 heavy (non-hydrogen) atoms. The van der Waals surface area contributed by atoms with Crippen LogP contribution in [0.15, 0.2) is 34.9 Å². The van der Waals surface area contributed by atoms with Crippen molar-refractivity contribution in [3.8, 4) is 5.75 Å². The molecule has 2 saturated heterocycles. The maximum Gasteiger partial charge on any atom is 0.327 e. The van der Waals surface area contributed by atoms with Crippen molar-refractivity contribution in [2.24, 2.45) is 5.92 Å². The van der Waals surface area contributed by atoms with Crippen LogP contribution in [0.1, 0.15) is 34.2 Å². The van der Waals surface area contributed by atoms with Gasteiger partial charge in [-0.25, -0.2) is 4.79 Å². The number of urea groups is 1. The number of likely N-dealkylation sites (tertiary alicyclic amines) is 1. The number of likely N-dealkylation sites (N-methyl/N-ethyl adjacent to an activating group) is 1. The van der Waals surface area contributed by atoms with Crippen LogP contribution in [-0.4, -0.2) is 114 Å². The van der Waals surface area contributed by atoms with Gasteiger partial charge in [0.15, 0.2) is 5.69 Å². The molecule has 1 aromatic heterocycles. The summed E-state index contributed by atoms with van der Waals surface area (Å²) in [5.41, 5.74) is 1.05. The molecule has 1 N–H and O–H groups in total. The highest BCUT2D eigenvalue weighted by molar-refractivity contribution is 6.04. The van der Waals surface area contributed by atoms with E-state index < -0.39 is 17.9 Å². The van der Waals surface area contributed by atoms with Gasteiger partial charge in [-0.05, 0) is 31.0 Å². The van der Waals surface area contributed by atoms with E-state index in [1.54, 1.807) is 28.9 Å². The normalized spacial score (nSPS) is 22.1. The van der Waals surface area contributed by atoms with Gasteiger partial charge >= 0.3 is 6.03 Å². The van der Waals surface area contributed by atoms with Crippen LogP contribution >= 0.6 is 0 Å². The van der Waals surface area contributed by atoms with Crippen LogP contribution < -0.4 is 10.1 Å². The number of fused-ring (bicyclic) bond motifs is 4. The van der Waals surface area contributed by atoms with Gasteiger partial charge in [-0.2, -0.15) is 0 Å². The molecular weight excluding hydrogens is 520 g/mol. The van der Waals surface area contributed by atoms with E-state index in [2.05, 4.69) is 10.5 Å². The van der Waals surface area contributed by atoms with Gasteiger partial charge in [0.25, 0.3) is 11.8 Å². The van der Waals surface area contributed by atoms with Crippen molar-refractivity contribution in [2.75, 3.05) is 59.5 Å². The second-order valence-electron chi connectivity index (χ2n) is 10.3. The number of benzene rings is 1. The SMILES string of the molecule is Cc1cc(C(=O)N2CCCNC(=O)[C@H]3CN(C(=O)CN4C(=O)CN(C)C4=O)C[C@@H]3c3cccc(c3)OCC2)no1. The first-order valence-corrected chi connectivity index (χ1v) is 13.3. The summed E-state index contributed by atoms with van der Waals surface area (Å²) in [6.07, 6.45) is 0.506. The van der Waals surface area contributed by atoms with Gasteiger partial charge in [0.05, 0.1) is 12.5 Å². The number of hydrogen-bond acceptors (Lipinski definition) is 8. The highest BCUT2D eigenvalue weighted by Gasteiger charge is 2.42. The van der Waals surface area contributed by atoms with Gasteiger partial charge in [-0.3, -0.25) is 24.1 Å². The Labute approximate surface area is 231 Å². The topological polar surface area (TPSA) is 146 Å². The summed E-state index contributed by atoms with van der Waals surface area (Å²) in [5.74, 6) is -1.01. The van der Waals surface area contributed by atoms with Crippen molar-refractivity contribution < 1.29 is 33.2 Å². The Morgan fingerprint density at radius 2 is 1.88 bits per heavy atom. The molecule has 3 aliphatic heterocycles. The average Bonchev–Trinajstić information content (AvgIpc) is 3.64. The van der Waals surface area contributed by atoms with E-state index in [-0.39, 0.29) is 62.1 Å². The fourth-order valence-electron chi connectivity index (χ4n) is 5.34. The molecule has 13 nitrogen and oxygen atoms in total. The first-order valence-electron chi connectivity index (χ1n) is 13.3. The highest BCUT2D eigenvalue weighted by atomic mass is 16.5. The minimum Gasteiger partial charge on any atom is -0.492 e. The molecule has 0 unspecified atom stereocenters. The summed E-state index contributed by atoms with van der Waals surface area (Å²) >= 11 is 0. The third-order valence-electron chi connectivity index (χ3n) is 7.49. The Morgan fingerprint density at radius 1 is 1.07 bits per heavy atom. The highest BCUT2D eigenvalue weighted by Crippen LogP contribution is 2.35. The van der Waals surface area contributed by atoms with E-state index in [0.29, 0.717) is 37.6 Å². The maximum absolute atomic E-state index is 13.4. The summed E-state index contributed by atoms with van der Waals surface area (Å²) in [7, 11) is 1.51. The molecular formula is C27H32N6O7. The first kappa shape index (κ1) is 27.2. The fourth-order valence-corrected chi connectivity index (χ4v) is 5.34. The lowest BCUT2D eigenvalue weighted by atomic mass is 9.88. The van der Waals surface area contributed by atoms with E-state index >= 15 is 0 Å². The predicted molar refractivity (Wildman–Crippen MR) is 139 cm³/mol. The van der Waals surface area contributed by atoms with E-state index in [1.165, 1.54) is 11.9 Å². The van der Waals surface area contributed by atoms with Crippen LogP contribution in [0.25, 0.3) is 0 Å². The Kier molecular flexibility index (Phi) is 7.71. The molecule has 5 rings (SSSR count). The molecule has 2 fully saturated rings. The molecule has 4 heterocycles. The molecule has 0 aliphatic carbocycles. The fraction of sp³-hybridized carbons (Fsp3) is 0.481. The number of carbonyl (C=O) groups excluding carboxylic acids is 5. The molecule has 0 radical (unpaired) electrons. The molecule has 2 bridgehead atoms. The van der Waals surface area contributed by atoms with Crippen molar-refractivity contribution in [2.45, 2.75) is 19.3 Å². The molecule has 212 valence electrons. The number of carbonyl (C=O) groups is 5. The second-order valence-corrected chi connectivity index (χ2v) is 10.3. The smallest absolute Gasteiger partial charge is 0.327 e. The Balaban J connectivity index is 1.32. The Hall–Kier alpha value is -4.42. The summed E-state index contributed by atoms with van der Waals surface area (Å²) in [6.45, 7) is 3.00. The van der Waals surface area contributed by atoms with Gasteiger partial charge in [0.1, 0.15) is 31.2 Å². The maximum atomic E-state index is 13.4. The number of imide groups is 1. The zero-order valence-corrected chi connectivity index (χ0v) is 22.5. The number of hydrogen-bond donors (Lipinski definition) is 1. The largest absolute Gasteiger partial charge is 0.492 e. The molecule has 1 aromatic carbocycles. The van der Waals surface area contributed by atoms with E-state index in [1.807, 2.05) is 18.2 Å². The standard InChI is InChI=1S/C27H32N6O7/c1-17-11-22(29-40-17)26(37)31-8-4-7-28-25(36)21-14-32(23(34)16-33-24(35)15-30(2)27(33)38)13-20(21)18-5-3-6-19(12-18)39-10-9-31/h3,5-6,11-12,20-21H,4,7-10,13-16H2,1-2H3,(H,28,36)/t20-,21+/m1/s1. The minimum absolute atomic E-state index is 0.0617. The average molecular weight is 553 g/mol. The van der Waals surface area contributed by atoms with Gasteiger partial charge in [0.2, 0.25) is 11.8 Å². The van der Waals surface area contributed by atoms with Crippen molar-refractivity contribution in [1.82, 2.24) is 30.1 Å². The van der Waals surface area contributed by atoms with Crippen LogP contribution in [0.5, 0.6) is 5.75 Å². The summed E-state index contributed by atoms with van der Waals surface area (Å²) in [4.78, 5) is 69.3. The summed E-state index contributed by atoms with van der Waals surface area (Å²) in [6, 6.07) is 8.44. The zero-order valence-electron chi connectivity index (χ0n) is 22.5. The number of aryl methyl sites for hydroxylation is 1. The van der Waals surface area contributed by atoms with Gasteiger partial charge in [-0.1, -0.05) is 17.3 Å². The number of aromatic nitrogens is 1. The van der Waals surface area contributed by atoms with E-state index in [4.69, 9.17) is 9.26 Å². The lowest BCUT2D eigenvalue weighted by molar-refractivity contribution is -0.136. The van der Waals surface area contributed by atoms with Crippen LogP contribution in [0, 0.1) is 12.8 Å². The van der Waals surface area contributed by atoms with Crippen LogP contribution in [-0.2, 0) is 14.4 Å². The molecule has 0 spiro atoms. The third kappa shape index (κ3) is 5.63. The van der Waals surface area contributed by atoms with Crippen molar-refractivity contribution >= 4 is 29.7 Å². The number of nitrogens with one attached hydrogen (secondary N) is 1. The quantitative estimate of drug-likeness (QED) is 0.541. The molecule has 0 saturated carbocycles. The van der Waals surface area contributed by atoms with Crippen molar-refractivity contribution in [1.29, 1.82) is 0 Å². The van der Waals surface area contributed by atoms with Crippen LogP contribution in [0.2, 0.25) is 0 Å². The molecule has 3 aliphatic rings. The van der Waals surface area contributed by atoms with E-state index in [9.17, 15) is 24.0 Å². The van der Waals surface area contributed by atoms with Crippen LogP contribution in [0.3, 0.4) is 0 Å². The summed E-state index contributed by atoms with van der Waals surface area (Å²) in [5, 5.41) is 6.80. The second kappa shape index (κ2) is 11.4. The van der Waals surface area contributed by atoms with Crippen molar-refractivity contribution in [3.05, 3.63) is 47.3 Å². The first-order chi connectivity index (χ1) is 19.2. The molecule has 6 amide bonds. The van der Waals surface area contributed by atoms with E-state index in [0.717, 1.165) is 10.5 Å². The Morgan fingerprint density at radius 3 is 2.60 bits per heavy atom. The zero-order chi connectivity index (χ0) is 28.4. The molecule has 2 aromatic rings. The predicted octanol–water partition coefficient (Wildman–Crippen LogP) is 0.460. The lowest BCUT2D eigenvalue weighted by Crippen LogP contribution is -2.43. The van der Waals surface area contributed by atoms with Gasteiger partial charge < -0.3 is 29.3 Å². The lowest BCUT2D eigenvalue weighted by Gasteiger charge is -2.24.